The second kappa shape index (κ2) is 4.62. The normalized spacial score (nSPS) is 9.15. The molecule has 0 aliphatic carbocycles. The number of alkyl halides is 1. The van der Waals surface area contributed by atoms with Gasteiger partial charge in [-0.3, -0.25) is 0 Å². The summed E-state index contributed by atoms with van der Waals surface area (Å²) in [6.07, 6.45) is 0. The molecule has 0 atom stereocenters. The third kappa shape index (κ3) is 2.45. The lowest BCUT2D eigenvalue weighted by atomic mass is 10.2. The summed E-state index contributed by atoms with van der Waals surface area (Å²) in [6, 6.07) is 3.37. The highest BCUT2D eigenvalue weighted by Crippen LogP contribution is 2.30. The number of nitrogens with two attached hydrogens (primary N) is 1. The number of anilines is 1. The lowest BCUT2D eigenvalue weighted by molar-refractivity contribution is 1.62. The first kappa shape index (κ1) is 10.5. The Balaban J connectivity index is 3.18. The van der Waals surface area contributed by atoms with E-state index in [1.54, 1.807) is 12.1 Å². The van der Waals surface area contributed by atoms with E-state index in [4.69, 9.17) is 40.5 Å². The first-order valence-electron chi connectivity index (χ1n) is 3.45. The fourth-order valence-electron chi connectivity index (χ4n) is 0.790. The van der Waals surface area contributed by atoms with Gasteiger partial charge >= 0.3 is 0 Å². The third-order valence-electron chi connectivity index (χ3n) is 1.40. The Hall–Kier alpha value is -0.550. The van der Waals surface area contributed by atoms with E-state index in [1.807, 2.05) is 0 Å². The van der Waals surface area contributed by atoms with E-state index in [0.29, 0.717) is 21.3 Å². The van der Waals surface area contributed by atoms with Gasteiger partial charge in [-0.25, -0.2) is 0 Å². The molecule has 1 aromatic carbocycles. The van der Waals surface area contributed by atoms with E-state index >= 15 is 0 Å². The van der Waals surface area contributed by atoms with Crippen molar-refractivity contribution in [3.8, 4) is 11.8 Å². The van der Waals surface area contributed by atoms with E-state index in [0.717, 1.165) is 0 Å². The van der Waals surface area contributed by atoms with Crippen LogP contribution in [0.1, 0.15) is 5.56 Å². The Morgan fingerprint density at radius 2 is 1.92 bits per heavy atom. The zero-order valence-corrected chi connectivity index (χ0v) is 8.84. The number of hydrogen-bond acceptors (Lipinski definition) is 1. The van der Waals surface area contributed by atoms with Gasteiger partial charge < -0.3 is 5.73 Å². The van der Waals surface area contributed by atoms with Crippen LogP contribution in [0.15, 0.2) is 12.1 Å². The maximum atomic E-state index is 5.88. The largest absolute Gasteiger partial charge is 0.397 e. The van der Waals surface area contributed by atoms with Crippen molar-refractivity contribution in [3.63, 3.8) is 0 Å². The highest BCUT2D eigenvalue weighted by atomic mass is 35.5. The molecule has 0 bridgehead atoms. The molecule has 1 aromatic rings. The van der Waals surface area contributed by atoms with Gasteiger partial charge in [-0.2, -0.15) is 0 Å². The maximum Gasteiger partial charge on any atom is 0.0839 e. The van der Waals surface area contributed by atoms with Gasteiger partial charge in [0.05, 0.1) is 21.6 Å². The molecule has 4 heteroatoms. The highest BCUT2D eigenvalue weighted by Gasteiger charge is 2.05. The van der Waals surface area contributed by atoms with Crippen molar-refractivity contribution in [3.05, 3.63) is 27.7 Å². The second-order valence-electron chi connectivity index (χ2n) is 2.27. The average molecular weight is 235 g/mol. The van der Waals surface area contributed by atoms with Crippen LogP contribution >= 0.6 is 34.8 Å². The van der Waals surface area contributed by atoms with Gasteiger partial charge in [0.2, 0.25) is 0 Å². The van der Waals surface area contributed by atoms with Crippen LogP contribution in [-0.4, -0.2) is 5.88 Å². The topological polar surface area (TPSA) is 26.0 Å². The lowest BCUT2D eigenvalue weighted by Gasteiger charge is -2.01. The molecule has 0 saturated carbocycles. The molecule has 68 valence electrons. The number of rotatable bonds is 0. The fourth-order valence-corrected chi connectivity index (χ4v) is 1.24. The fraction of sp³-hybridized carbons (Fsp3) is 0.111. The van der Waals surface area contributed by atoms with Crippen molar-refractivity contribution in [1.82, 2.24) is 0 Å². The van der Waals surface area contributed by atoms with Crippen molar-refractivity contribution in [1.29, 1.82) is 0 Å². The molecule has 0 heterocycles. The van der Waals surface area contributed by atoms with Gasteiger partial charge in [0, 0.05) is 5.56 Å². The van der Waals surface area contributed by atoms with Crippen molar-refractivity contribution in [2.75, 3.05) is 11.6 Å². The van der Waals surface area contributed by atoms with Crippen LogP contribution in [0.25, 0.3) is 0 Å². The summed E-state index contributed by atoms with van der Waals surface area (Å²) in [6.45, 7) is 0. The molecule has 0 fully saturated rings. The Morgan fingerprint density at radius 1 is 1.23 bits per heavy atom. The summed E-state index contributed by atoms with van der Waals surface area (Å²) < 4.78 is 0. The van der Waals surface area contributed by atoms with Crippen molar-refractivity contribution in [2.45, 2.75) is 0 Å². The van der Waals surface area contributed by atoms with Crippen molar-refractivity contribution < 1.29 is 0 Å². The van der Waals surface area contributed by atoms with Crippen LogP contribution in [0.3, 0.4) is 0 Å². The highest BCUT2D eigenvalue weighted by molar-refractivity contribution is 6.44. The van der Waals surface area contributed by atoms with Crippen LogP contribution in [0, 0.1) is 11.8 Å². The summed E-state index contributed by atoms with van der Waals surface area (Å²) in [5.74, 6) is 5.72. The van der Waals surface area contributed by atoms with Crippen LogP contribution in [-0.2, 0) is 0 Å². The maximum absolute atomic E-state index is 5.88. The van der Waals surface area contributed by atoms with E-state index < -0.39 is 0 Å². The Morgan fingerprint density at radius 3 is 2.54 bits per heavy atom. The van der Waals surface area contributed by atoms with Crippen molar-refractivity contribution >= 4 is 40.5 Å². The molecule has 0 spiro atoms. The molecule has 0 aliphatic heterocycles. The molecule has 1 rings (SSSR count). The molecule has 0 amide bonds. The molecule has 0 saturated heterocycles. The molecule has 0 radical (unpaired) electrons. The first-order valence-corrected chi connectivity index (χ1v) is 4.74. The number of nitrogen functional groups attached to an aromatic ring is 1. The molecule has 13 heavy (non-hydrogen) atoms. The smallest absolute Gasteiger partial charge is 0.0839 e. The molecule has 2 N–H and O–H groups in total. The zero-order chi connectivity index (χ0) is 9.84. The molecule has 1 nitrogen and oxygen atoms in total. The van der Waals surface area contributed by atoms with Gasteiger partial charge in [0.25, 0.3) is 0 Å². The monoisotopic (exact) mass is 233 g/mol. The van der Waals surface area contributed by atoms with Gasteiger partial charge in [0.15, 0.2) is 0 Å². The van der Waals surface area contributed by atoms with E-state index in [-0.39, 0.29) is 5.88 Å². The minimum absolute atomic E-state index is 0.262. The summed E-state index contributed by atoms with van der Waals surface area (Å²) in [5, 5.41) is 0.710. The molecular formula is C9H6Cl3N. The lowest BCUT2D eigenvalue weighted by Crippen LogP contribution is -1.88. The molecule has 0 aliphatic rings. The van der Waals surface area contributed by atoms with Gasteiger partial charge in [-0.1, -0.05) is 35.0 Å². The van der Waals surface area contributed by atoms with Crippen LogP contribution < -0.4 is 5.73 Å². The summed E-state index contributed by atoms with van der Waals surface area (Å²) in [7, 11) is 0. The van der Waals surface area contributed by atoms with E-state index in [2.05, 4.69) is 11.8 Å². The molecule has 0 unspecified atom stereocenters. The first-order chi connectivity index (χ1) is 6.16. The van der Waals surface area contributed by atoms with Crippen LogP contribution in [0.2, 0.25) is 10.0 Å². The second-order valence-corrected chi connectivity index (χ2v) is 3.29. The van der Waals surface area contributed by atoms with Crippen LogP contribution in [0.4, 0.5) is 5.69 Å². The van der Waals surface area contributed by atoms with E-state index in [9.17, 15) is 0 Å². The Bertz CT molecular complexity index is 376. The summed E-state index contributed by atoms with van der Waals surface area (Å²) in [5.41, 5.74) is 6.62. The number of hydrogen-bond donors (Lipinski definition) is 1. The number of halogens is 3. The SMILES string of the molecule is Nc1ccc(C#CCCl)c(Cl)c1Cl. The quantitative estimate of drug-likeness (QED) is 0.416. The predicted molar refractivity (Wildman–Crippen MR) is 58.5 cm³/mol. The molecule has 0 aromatic heterocycles. The van der Waals surface area contributed by atoms with E-state index in [1.165, 1.54) is 0 Å². The van der Waals surface area contributed by atoms with Crippen molar-refractivity contribution in [2.24, 2.45) is 0 Å². The number of benzene rings is 1. The standard InChI is InChI=1S/C9H6Cl3N/c10-5-1-2-6-3-4-7(13)9(12)8(6)11/h3-4H,5,13H2. The minimum atomic E-state index is 0.262. The van der Waals surface area contributed by atoms with Gasteiger partial charge in [-0.05, 0) is 12.1 Å². The average Bonchev–Trinajstić information content (AvgIpc) is 2.13. The van der Waals surface area contributed by atoms with Gasteiger partial charge in [0.1, 0.15) is 0 Å². The third-order valence-corrected chi connectivity index (χ3v) is 2.43. The minimum Gasteiger partial charge on any atom is -0.397 e. The molecular weight excluding hydrogens is 228 g/mol. The predicted octanol–water partition coefficient (Wildman–Crippen LogP) is 3.17. The van der Waals surface area contributed by atoms with Crippen LogP contribution in [0.5, 0.6) is 0 Å². The summed E-state index contributed by atoms with van der Waals surface area (Å²) in [4.78, 5) is 0. The Labute approximate surface area is 91.8 Å². The Kier molecular flexibility index (Phi) is 3.74. The van der Waals surface area contributed by atoms with Gasteiger partial charge in [-0.15, -0.1) is 11.6 Å². The summed E-state index contributed by atoms with van der Waals surface area (Å²) >= 11 is 17.1. The zero-order valence-electron chi connectivity index (χ0n) is 6.57.